The molecule has 0 radical (unpaired) electrons. The second kappa shape index (κ2) is 8.62. The van der Waals surface area contributed by atoms with E-state index in [2.05, 4.69) is 10.3 Å². The summed E-state index contributed by atoms with van der Waals surface area (Å²) in [5, 5.41) is 12.3. The minimum atomic E-state index is -0.241. The number of carbonyl (C=O) groups is 1. The number of carbonyl (C=O) groups excluding carboxylic acids is 1. The van der Waals surface area contributed by atoms with Gasteiger partial charge in [0.25, 0.3) is 5.91 Å². The molecule has 1 heterocycles. The van der Waals surface area contributed by atoms with Gasteiger partial charge in [-0.25, -0.2) is 4.99 Å². The summed E-state index contributed by atoms with van der Waals surface area (Å²) in [6.45, 7) is -0.0725. The van der Waals surface area contributed by atoms with Crippen molar-refractivity contribution in [1.82, 2.24) is 5.32 Å². The Bertz CT molecular complexity index is 982. The first-order valence-electron chi connectivity index (χ1n) is 7.82. The number of hydrogen-bond donors (Lipinski definition) is 1. The van der Waals surface area contributed by atoms with Gasteiger partial charge in [0.1, 0.15) is 6.07 Å². The van der Waals surface area contributed by atoms with Crippen LogP contribution < -0.4 is 14.8 Å². The monoisotopic (exact) mass is 399 g/mol. The van der Waals surface area contributed by atoms with E-state index in [4.69, 9.17) is 26.3 Å². The number of methoxy groups -OCH3 is 1. The Kier molecular flexibility index (Phi) is 6.01. The molecule has 8 heteroatoms. The lowest BCUT2D eigenvalue weighted by molar-refractivity contribution is -0.115. The molecule has 1 fully saturated rings. The highest BCUT2D eigenvalue weighted by Gasteiger charge is 2.24. The number of hydrogen-bond acceptors (Lipinski definition) is 6. The maximum absolute atomic E-state index is 12.2. The van der Waals surface area contributed by atoms with Crippen molar-refractivity contribution in [3.8, 4) is 17.6 Å². The number of nitrogens with zero attached hydrogens (tertiary/aromatic N) is 2. The summed E-state index contributed by atoms with van der Waals surface area (Å²) < 4.78 is 10.6. The molecule has 1 aliphatic rings. The van der Waals surface area contributed by atoms with Gasteiger partial charge >= 0.3 is 0 Å². The topological polar surface area (TPSA) is 83.7 Å². The maximum Gasteiger partial charge on any atom is 0.264 e. The number of rotatable bonds is 5. The third kappa shape index (κ3) is 4.61. The van der Waals surface area contributed by atoms with Crippen molar-refractivity contribution in [3.63, 3.8) is 0 Å². The molecule has 1 N–H and O–H groups in total. The SMILES string of the molecule is COc1cc(/C=C2/SC(=Nc3ccccc3Cl)NC2=O)ccc1OCC#N. The molecule has 1 saturated heterocycles. The van der Waals surface area contributed by atoms with Crippen LogP contribution in [0.4, 0.5) is 5.69 Å². The highest BCUT2D eigenvalue weighted by atomic mass is 35.5. The normalized spacial score (nSPS) is 16.3. The van der Waals surface area contributed by atoms with E-state index in [0.717, 1.165) is 5.56 Å². The maximum atomic E-state index is 12.2. The Hall–Kier alpha value is -2.95. The average Bonchev–Trinajstić information content (AvgIpc) is 3.01. The van der Waals surface area contributed by atoms with Crippen molar-refractivity contribution < 1.29 is 14.3 Å². The summed E-state index contributed by atoms with van der Waals surface area (Å²) in [5.41, 5.74) is 1.34. The predicted molar refractivity (Wildman–Crippen MR) is 106 cm³/mol. The van der Waals surface area contributed by atoms with Gasteiger partial charge in [-0.2, -0.15) is 5.26 Å². The number of para-hydroxylation sites is 1. The number of ether oxygens (including phenoxy) is 2. The lowest BCUT2D eigenvalue weighted by Gasteiger charge is -2.08. The molecule has 1 amide bonds. The molecule has 0 aromatic heterocycles. The van der Waals surface area contributed by atoms with Crippen molar-refractivity contribution >= 4 is 46.2 Å². The molecule has 6 nitrogen and oxygen atoms in total. The molecule has 0 atom stereocenters. The quantitative estimate of drug-likeness (QED) is 0.764. The van der Waals surface area contributed by atoms with Gasteiger partial charge in [0.05, 0.1) is 22.7 Å². The van der Waals surface area contributed by atoms with Crippen molar-refractivity contribution in [2.24, 2.45) is 4.99 Å². The lowest BCUT2D eigenvalue weighted by Crippen LogP contribution is -2.19. The van der Waals surface area contributed by atoms with Crippen LogP contribution in [0.1, 0.15) is 5.56 Å². The molecule has 0 bridgehead atoms. The van der Waals surface area contributed by atoms with Gasteiger partial charge in [-0.3, -0.25) is 4.79 Å². The molecule has 0 aliphatic carbocycles. The first kappa shape index (κ1) is 18.8. The van der Waals surface area contributed by atoms with Gasteiger partial charge in [-0.05, 0) is 47.7 Å². The fourth-order valence-electron chi connectivity index (χ4n) is 2.29. The second-order valence-electron chi connectivity index (χ2n) is 5.29. The van der Waals surface area contributed by atoms with Crippen LogP contribution in [0.15, 0.2) is 52.4 Å². The van der Waals surface area contributed by atoms with Crippen LogP contribution in [0.3, 0.4) is 0 Å². The minimum Gasteiger partial charge on any atom is -0.493 e. The van der Waals surface area contributed by atoms with E-state index in [-0.39, 0.29) is 12.5 Å². The Morgan fingerprint density at radius 1 is 1.30 bits per heavy atom. The van der Waals surface area contributed by atoms with Gasteiger partial charge in [-0.15, -0.1) is 0 Å². The third-order valence-electron chi connectivity index (χ3n) is 3.50. The lowest BCUT2D eigenvalue weighted by atomic mass is 10.2. The van der Waals surface area contributed by atoms with Gasteiger partial charge < -0.3 is 14.8 Å². The number of benzene rings is 2. The Morgan fingerprint density at radius 3 is 2.85 bits per heavy atom. The molecular formula is C19H14ClN3O3S. The molecule has 0 spiro atoms. The van der Waals surface area contributed by atoms with E-state index in [0.29, 0.717) is 32.3 Å². The number of amides is 1. The summed E-state index contributed by atoms with van der Waals surface area (Å²) in [6, 6.07) is 14.3. The van der Waals surface area contributed by atoms with Gasteiger partial charge in [-0.1, -0.05) is 29.8 Å². The van der Waals surface area contributed by atoms with Crippen molar-refractivity contribution in [2.75, 3.05) is 13.7 Å². The van der Waals surface area contributed by atoms with Crippen molar-refractivity contribution in [3.05, 3.63) is 58.0 Å². The van der Waals surface area contributed by atoms with Gasteiger partial charge in [0.2, 0.25) is 0 Å². The third-order valence-corrected chi connectivity index (χ3v) is 4.73. The number of nitrogens with one attached hydrogen (secondary N) is 1. The molecule has 136 valence electrons. The summed E-state index contributed by atoms with van der Waals surface area (Å²) in [4.78, 5) is 17.1. The standard InChI is InChI=1S/C19H14ClN3O3S/c1-25-16-10-12(6-7-15(16)26-9-8-21)11-17-18(24)23-19(27-17)22-14-5-3-2-4-13(14)20/h2-7,10-11H,9H2,1H3,(H,22,23,24)/b17-11+. The fourth-order valence-corrected chi connectivity index (χ4v) is 3.30. The van der Waals surface area contributed by atoms with Crippen LogP contribution in [0, 0.1) is 11.3 Å². The molecular weight excluding hydrogens is 386 g/mol. The molecule has 2 aromatic carbocycles. The molecule has 0 saturated carbocycles. The smallest absolute Gasteiger partial charge is 0.264 e. The Balaban J connectivity index is 1.82. The second-order valence-corrected chi connectivity index (χ2v) is 6.73. The van der Waals surface area contributed by atoms with E-state index in [1.807, 2.05) is 18.2 Å². The highest BCUT2D eigenvalue weighted by Crippen LogP contribution is 2.33. The molecule has 0 unspecified atom stereocenters. The van der Waals surface area contributed by atoms with E-state index in [9.17, 15) is 4.79 Å². The first-order chi connectivity index (χ1) is 13.1. The minimum absolute atomic E-state index is 0.0725. The zero-order valence-corrected chi connectivity index (χ0v) is 15.8. The summed E-state index contributed by atoms with van der Waals surface area (Å²) in [6.07, 6.45) is 1.73. The fraction of sp³-hybridized carbons (Fsp3) is 0.105. The molecule has 2 aromatic rings. The molecule has 1 aliphatic heterocycles. The number of thioether (sulfide) groups is 1. The van der Waals surface area contributed by atoms with E-state index >= 15 is 0 Å². The van der Waals surface area contributed by atoms with Crippen LogP contribution in [0.5, 0.6) is 11.5 Å². The number of halogens is 1. The summed E-state index contributed by atoms with van der Waals surface area (Å²) >= 11 is 7.33. The van der Waals surface area contributed by atoms with Crippen LogP contribution in [-0.4, -0.2) is 24.8 Å². The number of aliphatic imine (C=N–C) groups is 1. The Labute approximate surface area is 165 Å². The highest BCUT2D eigenvalue weighted by molar-refractivity contribution is 8.18. The summed E-state index contributed by atoms with van der Waals surface area (Å²) in [7, 11) is 1.51. The average molecular weight is 400 g/mol. The van der Waals surface area contributed by atoms with Gasteiger partial charge in [0.15, 0.2) is 23.3 Å². The summed E-state index contributed by atoms with van der Waals surface area (Å²) in [5.74, 6) is 0.702. The van der Waals surface area contributed by atoms with Gasteiger partial charge in [0, 0.05) is 0 Å². The van der Waals surface area contributed by atoms with E-state index < -0.39 is 0 Å². The van der Waals surface area contributed by atoms with Crippen LogP contribution >= 0.6 is 23.4 Å². The van der Waals surface area contributed by atoms with E-state index in [1.54, 1.807) is 36.4 Å². The predicted octanol–water partition coefficient (Wildman–Crippen LogP) is 4.14. The zero-order valence-electron chi connectivity index (χ0n) is 14.2. The van der Waals surface area contributed by atoms with Crippen LogP contribution in [-0.2, 0) is 4.79 Å². The number of amidine groups is 1. The van der Waals surface area contributed by atoms with Crippen LogP contribution in [0.2, 0.25) is 5.02 Å². The van der Waals surface area contributed by atoms with Crippen LogP contribution in [0.25, 0.3) is 6.08 Å². The van der Waals surface area contributed by atoms with E-state index in [1.165, 1.54) is 18.9 Å². The molecule has 3 rings (SSSR count). The largest absolute Gasteiger partial charge is 0.493 e. The zero-order chi connectivity index (χ0) is 19.2. The first-order valence-corrected chi connectivity index (χ1v) is 9.02. The number of nitriles is 1. The van der Waals surface area contributed by atoms with Crippen molar-refractivity contribution in [1.29, 1.82) is 5.26 Å². The molecule has 27 heavy (non-hydrogen) atoms. The van der Waals surface area contributed by atoms with Crippen molar-refractivity contribution in [2.45, 2.75) is 0 Å². The Morgan fingerprint density at radius 2 is 2.11 bits per heavy atom.